The number of anilines is 1. The fraction of sp³-hybridized carbons (Fsp3) is 0.500. The number of carbonyl (C=O) groups excluding carboxylic acids is 1. The highest BCUT2D eigenvalue weighted by atomic mass is 32.2. The smallest absolute Gasteiger partial charge is 0.248 e. The van der Waals surface area contributed by atoms with Crippen molar-refractivity contribution in [2.45, 2.75) is 32.6 Å². The summed E-state index contributed by atoms with van der Waals surface area (Å²) in [7, 11) is -3.72. The van der Waals surface area contributed by atoms with Crippen LogP contribution in [0.4, 0.5) is 5.69 Å². The molecule has 1 rings (SSSR count). The van der Waals surface area contributed by atoms with Gasteiger partial charge in [0.05, 0.1) is 5.69 Å². The van der Waals surface area contributed by atoms with E-state index in [2.05, 4.69) is 4.72 Å². The number of nitrogen functional groups attached to an aromatic ring is 1. The maximum Gasteiger partial charge on any atom is 0.248 e. The van der Waals surface area contributed by atoms with Crippen LogP contribution in [0.2, 0.25) is 0 Å². The van der Waals surface area contributed by atoms with Crippen molar-refractivity contribution in [2.24, 2.45) is 17.1 Å². The number of hydrogen-bond acceptors (Lipinski definition) is 4. The highest BCUT2D eigenvalue weighted by Gasteiger charge is 2.24. The number of hydrogen-bond donors (Lipinski definition) is 3. The van der Waals surface area contributed by atoms with Crippen molar-refractivity contribution in [3.05, 3.63) is 23.8 Å². The molecule has 0 aliphatic carbocycles. The molecule has 6 nitrogen and oxygen atoms in total. The first-order chi connectivity index (χ1) is 9.45. The monoisotopic (exact) mass is 313 g/mol. The third kappa shape index (κ3) is 4.44. The zero-order valence-electron chi connectivity index (χ0n) is 12.8. The number of primary amides is 1. The summed E-state index contributed by atoms with van der Waals surface area (Å²) in [6.45, 7) is 8.41. The number of nitrogens with two attached hydrogens (primary N) is 2. The van der Waals surface area contributed by atoms with E-state index in [9.17, 15) is 13.2 Å². The molecule has 1 aromatic rings. The molecular formula is C14H23N3O3S. The molecule has 1 amide bonds. The van der Waals surface area contributed by atoms with Gasteiger partial charge in [-0.05, 0) is 29.5 Å². The third-order valence-electron chi connectivity index (χ3n) is 3.64. The summed E-state index contributed by atoms with van der Waals surface area (Å²) in [6, 6.07) is 3.91. The van der Waals surface area contributed by atoms with Gasteiger partial charge in [0.1, 0.15) is 4.90 Å². The Bertz CT molecular complexity index is 633. The summed E-state index contributed by atoms with van der Waals surface area (Å²) in [4.78, 5) is 11.0. The van der Waals surface area contributed by atoms with Gasteiger partial charge in [0.25, 0.3) is 0 Å². The average Bonchev–Trinajstić information content (AvgIpc) is 2.34. The van der Waals surface area contributed by atoms with Crippen LogP contribution in [-0.4, -0.2) is 20.9 Å². The summed E-state index contributed by atoms with van der Waals surface area (Å²) in [6.07, 6.45) is 0. The highest BCUT2D eigenvalue weighted by Crippen LogP contribution is 2.25. The maximum atomic E-state index is 12.3. The summed E-state index contributed by atoms with van der Waals surface area (Å²) in [5.41, 5.74) is 11.0. The van der Waals surface area contributed by atoms with E-state index in [1.807, 2.05) is 27.7 Å². The Morgan fingerprint density at radius 3 is 2.33 bits per heavy atom. The Morgan fingerprint density at radius 1 is 1.33 bits per heavy atom. The van der Waals surface area contributed by atoms with Gasteiger partial charge in [-0.1, -0.05) is 27.7 Å². The molecule has 1 atom stereocenters. The molecule has 0 saturated carbocycles. The third-order valence-corrected chi connectivity index (χ3v) is 5.14. The summed E-state index contributed by atoms with van der Waals surface area (Å²) in [5.74, 6) is -0.502. The van der Waals surface area contributed by atoms with E-state index in [1.165, 1.54) is 18.2 Å². The van der Waals surface area contributed by atoms with Crippen molar-refractivity contribution in [3.8, 4) is 0 Å². The lowest BCUT2D eigenvalue weighted by Crippen LogP contribution is -2.34. The molecular weight excluding hydrogens is 290 g/mol. The Hall–Kier alpha value is -1.60. The molecule has 5 N–H and O–H groups in total. The van der Waals surface area contributed by atoms with Crippen LogP contribution in [0.25, 0.3) is 0 Å². The Balaban J connectivity index is 2.96. The first kappa shape index (κ1) is 17.5. The van der Waals surface area contributed by atoms with Crippen LogP contribution in [0.15, 0.2) is 23.1 Å². The fourth-order valence-electron chi connectivity index (χ4n) is 1.57. The second-order valence-corrected chi connectivity index (χ2v) is 7.97. The minimum atomic E-state index is -3.72. The minimum absolute atomic E-state index is 0.00205. The molecule has 0 fully saturated rings. The van der Waals surface area contributed by atoms with E-state index in [0.717, 1.165) is 0 Å². The maximum absolute atomic E-state index is 12.3. The molecule has 0 saturated heterocycles. The van der Waals surface area contributed by atoms with Crippen molar-refractivity contribution in [2.75, 3.05) is 12.3 Å². The van der Waals surface area contributed by atoms with E-state index in [-0.39, 0.29) is 27.5 Å². The largest absolute Gasteiger partial charge is 0.398 e. The number of amides is 1. The molecule has 0 spiro atoms. The van der Waals surface area contributed by atoms with Gasteiger partial charge in [0.2, 0.25) is 15.9 Å². The number of benzene rings is 1. The van der Waals surface area contributed by atoms with Crippen molar-refractivity contribution in [3.63, 3.8) is 0 Å². The minimum Gasteiger partial charge on any atom is -0.398 e. The molecule has 0 bridgehead atoms. The Kier molecular flexibility index (Phi) is 5.01. The average molecular weight is 313 g/mol. The van der Waals surface area contributed by atoms with Crippen molar-refractivity contribution in [1.82, 2.24) is 4.72 Å². The molecule has 0 radical (unpaired) electrons. The van der Waals surface area contributed by atoms with Crippen LogP contribution in [0.3, 0.4) is 0 Å². The molecule has 1 unspecified atom stereocenters. The van der Waals surface area contributed by atoms with E-state index >= 15 is 0 Å². The quantitative estimate of drug-likeness (QED) is 0.711. The second kappa shape index (κ2) is 6.03. The van der Waals surface area contributed by atoms with Gasteiger partial charge in [-0.3, -0.25) is 4.79 Å². The van der Waals surface area contributed by atoms with E-state index in [1.54, 1.807) is 0 Å². The highest BCUT2D eigenvalue weighted by molar-refractivity contribution is 7.89. The van der Waals surface area contributed by atoms with Gasteiger partial charge >= 0.3 is 0 Å². The van der Waals surface area contributed by atoms with Crippen LogP contribution in [0.1, 0.15) is 38.1 Å². The summed E-state index contributed by atoms with van der Waals surface area (Å²) < 4.78 is 27.1. The van der Waals surface area contributed by atoms with Gasteiger partial charge < -0.3 is 11.5 Å². The summed E-state index contributed by atoms with van der Waals surface area (Å²) in [5, 5.41) is 0. The topological polar surface area (TPSA) is 115 Å². The molecule has 0 aliphatic heterocycles. The zero-order chi connectivity index (χ0) is 16.4. The van der Waals surface area contributed by atoms with E-state index in [0.29, 0.717) is 6.54 Å². The van der Waals surface area contributed by atoms with Gasteiger partial charge in [-0.25, -0.2) is 13.1 Å². The van der Waals surface area contributed by atoms with Gasteiger partial charge in [0, 0.05) is 12.1 Å². The summed E-state index contributed by atoms with van der Waals surface area (Å²) >= 11 is 0. The molecule has 118 valence electrons. The zero-order valence-corrected chi connectivity index (χ0v) is 13.6. The van der Waals surface area contributed by atoms with Gasteiger partial charge in [-0.15, -0.1) is 0 Å². The Morgan fingerprint density at radius 2 is 1.90 bits per heavy atom. The lowest BCUT2D eigenvalue weighted by atomic mass is 9.82. The molecule has 1 aromatic carbocycles. The van der Waals surface area contributed by atoms with Crippen LogP contribution < -0.4 is 16.2 Å². The van der Waals surface area contributed by atoms with E-state index in [4.69, 9.17) is 11.5 Å². The van der Waals surface area contributed by atoms with Crippen molar-refractivity contribution >= 4 is 21.6 Å². The molecule has 0 heterocycles. The second-order valence-electron chi connectivity index (χ2n) is 6.24. The van der Waals surface area contributed by atoms with Crippen molar-refractivity contribution < 1.29 is 13.2 Å². The fourth-order valence-corrected chi connectivity index (χ4v) is 2.81. The van der Waals surface area contributed by atoms with Crippen LogP contribution in [0.5, 0.6) is 0 Å². The number of nitrogens with one attached hydrogen (secondary N) is 1. The molecule has 7 heteroatoms. The number of carbonyl (C=O) groups is 1. The van der Waals surface area contributed by atoms with Crippen molar-refractivity contribution in [1.29, 1.82) is 0 Å². The molecule has 0 aromatic heterocycles. The normalized spacial score (nSPS) is 13.9. The van der Waals surface area contributed by atoms with Crippen LogP contribution >= 0.6 is 0 Å². The standard InChI is InChI=1S/C14H23N3O3S/c1-9(14(2,3)4)8-17-21(19,20)12-6-5-10(13(16)18)7-11(12)15/h5-7,9,17H,8,15H2,1-4H3,(H2,16,18). The van der Waals surface area contributed by atoms with Gasteiger partial charge in [0.15, 0.2) is 0 Å². The van der Waals surface area contributed by atoms with Crippen LogP contribution in [0, 0.1) is 11.3 Å². The van der Waals surface area contributed by atoms with E-state index < -0.39 is 15.9 Å². The number of rotatable bonds is 5. The predicted molar refractivity (Wildman–Crippen MR) is 83.2 cm³/mol. The van der Waals surface area contributed by atoms with Crippen LogP contribution in [-0.2, 0) is 10.0 Å². The lowest BCUT2D eigenvalue weighted by Gasteiger charge is -2.27. The molecule has 0 aliphatic rings. The Labute approximate surface area is 126 Å². The lowest BCUT2D eigenvalue weighted by molar-refractivity contribution is 0.1000. The molecule has 21 heavy (non-hydrogen) atoms. The number of sulfonamides is 1. The first-order valence-electron chi connectivity index (χ1n) is 6.64. The van der Waals surface area contributed by atoms with Gasteiger partial charge in [-0.2, -0.15) is 0 Å². The predicted octanol–water partition coefficient (Wildman–Crippen LogP) is 1.33. The first-order valence-corrected chi connectivity index (χ1v) is 8.12. The SMILES string of the molecule is CC(CNS(=O)(=O)c1ccc(C(N)=O)cc1N)C(C)(C)C.